The van der Waals surface area contributed by atoms with E-state index in [4.69, 9.17) is 0 Å². The molecule has 1 saturated heterocycles. The second kappa shape index (κ2) is 7.01. The summed E-state index contributed by atoms with van der Waals surface area (Å²) in [5.74, 6) is -0.192. The van der Waals surface area contributed by atoms with Crippen molar-refractivity contribution in [1.82, 2.24) is 10.2 Å². The van der Waals surface area contributed by atoms with E-state index >= 15 is 0 Å². The molecule has 0 atom stereocenters. The third-order valence-corrected chi connectivity index (χ3v) is 5.03. The van der Waals surface area contributed by atoms with Crippen molar-refractivity contribution in [2.75, 3.05) is 19.6 Å². The molecule has 1 aromatic rings. The third-order valence-electron chi connectivity index (χ3n) is 4.42. The van der Waals surface area contributed by atoms with Crippen LogP contribution >= 0.6 is 15.9 Å². The molecule has 1 aromatic carbocycles. The first kappa shape index (κ1) is 15.9. The molecule has 0 spiro atoms. The molecule has 0 aliphatic carbocycles. The Morgan fingerprint density at radius 1 is 1.35 bits per heavy atom. The summed E-state index contributed by atoms with van der Waals surface area (Å²) in [6, 6.07) is 5.33. The van der Waals surface area contributed by atoms with Crippen LogP contribution in [0.1, 0.15) is 38.7 Å². The van der Waals surface area contributed by atoms with E-state index in [0.717, 1.165) is 39.0 Å². The maximum Gasteiger partial charge on any atom is 0.137 e. The summed E-state index contributed by atoms with van der Waals surface area (Å²) in [5, 5.41) is 3.72. The molecule has 0 unspecified atom stereocenters. The van der Waals surface area contributed by atoms with Gasteiger partial charge in [0.15, 0.2) is 0 Å². The van der Waals surface area contributed by atoms with Crippen molar-refractivity contribution < 1.29 is 4.39 Å². The number of rotatable bonds is 4. The van der Waals surface area contributed by atoms with Crippen LogP contribution < -0.4 is 5.32 Å². The fourth-order valence-corrected chi connectivity index (χ4v) is 3.40. The first-order valence-corrected chi connectivity index (χ1v) is 8.29. The summed E-state index contributed by atoms with van der Waals surface area (Å²) >= 11 is 3.27. The van der Waals surface area contributed by atoms with E-state index in [1.807, 2.05) is 12.1 Å². The lowest BCUT2D eigenvalue weighted by atomic mass is 9.92. The topological polar surface area (TPSA) is 15.3 Å². The predicted molar refractivity (Wildman–Crippen MR) is 85.3 cm³/mol. The third kappa shape index (κ3) is 3.80. The minimum absolute atomic E-state index is 0.192. The Bertz CT molecular complexity index is 446. The van der Waals surface area contributed by atoms with E-state index in [1.165, 1.54) is 12.0 Å². The first-order valence-electron chi connectivity index (χ1n) is 7.50. The first-order chi connectivity index (χ1) is 9.58. The Morgan fingerprint density at radius 2 is 2.10 bits per heavy atom. The quantitative estimate of drug-likeness (QED) is 0.891. The zero-order valence-corrected chi connectivity index (χ0v) is 14.0. The van der Waals surface area contributed by atoms with Gasteiger partial charge in [-0.3, -0.25) is 4.90 Å². The van der Waals surface area contributed by atoms with Gasteiger partial charge in [0.05, 0.1) is 4.47 Å². The lowest BCUT2D eigenvalue weighted by Crippen LogP contribution is -2.50. The van der Waals surface area contributed by atoms with Gasteiger partial charge in [-0.15, -0.1) is 0 Å². The fraction of sp³-hybridized carbons (Fsp3) is 0.625. The number of hydrogen-bond acceptors (Lipinski definition) is 2. The lowest BCUT2D eigenvalue weighted by molar-refractivity contribution is 0.191. The van der Waals surface area contributed by atoms with E-state index in [9.17, 15) is 4.39 Å². The standard InChI is InChI=1S/C16H24BrFN2/c1-3-16(4-2)12-20(9-5-8-19-16)11-13-6-7-15(18)14(17)10-13/h6-7,10,19H,3-5,8-9,11-12H2,1-2H3. The highest BCUT2D eigenvalue weighted by Crippen LogP contribution is 2.23. The molecule has 0 aromatic heterocycles. The molecule has 112 valence electrons. The monoisotopic (exact) mass is 342 g/mol. The molecule has 1 aliphatic rings. The van der Waals surface area contributed by atoms with Gasteiger partial charge in [0.2, 0.25) is 0 Å². The summed E-state index contributed by atoms with van der Waals surface area (Å²) in [7, 11) is 0. The van der Waals surface area contributed by atoms with Gasteiger partial charge in [-0.05, 0) is 66.0 Å². The van der Waals surface area contributed by atoms with E-state index < -0.39 is 0 Å². The molecule has 1 heterocycles. The molecular formula is C16H24BrFN2. The summed E-state index contributed by atoms with van der Waals surface area (Å²) in [4.78, 5) is 2.49. The fourth-order valence-electron chi connectivity index (χ4n) is 2.97. The molecule has 2 rings (SSSR count). The van der Waals surface area contributed by atoms with Crippen LogP contribution in [0.3, 0.4) is 0 Å². The molecule has 0 radical (unpaired) electrons. The maximum absolute atomic E-state index is 13.3. The van der Waals surface area contributed by atoms with Crippen LogP contribution in [0.4, 0.5) is 4.39 Å². The van der Waals surface area contributed by atoms with Crippen molar-refractivity contribution in [2.45, 2.75) is 45.2 Å². The molecule has 4 heteroatoms. The Kier molecular flexibility index (Phi) is 5.58. The highest BCUT2D eigenvalue weighted by atomic mass is 79.9. The minimum atomic E-state index is -0.192. The van der Waals surface area contributed by atoms with Crippen LogP contribution in [0.2, 0.25) is 0 Å². The Balaban J connectivity index is 2.08. The molecule has 20 heavy (non-hydrogen) atoms. The second-order valence-electron chi connectivity index (χ2n) is 5.73. The molecule has 1 aliphatic heterocycles. The number of nitrogens with one attached hydrogen (secondary N) is 1. The second-order valence-corrected chi connectivity index (χ2v) is 6.58. The zero-order valence-electron chi connectivity index (χ0n) is 12.4. The smallest absolute Gasteiger partial charge is 0.137 e. The van der Waals surface area contributed by atoms with Gasteiger partial charge >= 0.3 is 0 Å². The van der Waals surface area contributed by atoms with Crippen LogP contribution in [0.25, 0.3) is 0 Å². The molecular weight excluding hydrogens is 319 g/mol. The summed E-state index contributed by atoms with van der Waals surface area (Å²) in [6.07, 6.45) is 3.46. The van der Waals surface area contributed by atoms with Gasteiger partial charge in [0.25, 0.3) is 0 Å². The summed E-state index contributed by atoms with van der Waals surface area (Å²) in [5.41, 5.74) is 1.40. The normalized spacial score (nSPS) is 19.8. The average molecular weight is 343 g/mol. The molecule has 1 fully saturated rings. The summed E-state index contributed by atoms with van der Waals surface area (Å²) < 4.78 is 13.9. The minimum Gasteiger partial charge on any atom is -0.310 e. The Morgan fingerprint density at radius 3 is 2.75 bits per heavy atom. The van der Waals surface area contributed by atoms with E-state index in [2.05, 4.69) is 40.0 Å². The van der Waals surface area contributed by atoms with Crippen molar-refractivity contribution in [3.63, 3.8) is 0 Å². The van der Waals surface area contributed by atoms with Crippen LogP contribution in [0, 0.1) is 5.82 Å². The average Bonchev–Trinajstić information content (AvgIpc) is 2.66. The Labute approximate surface area is 129 Å². The van der Waals surface area contributed by atoms with Crippen molar-refractivity contribution in [2.24, 2.45) is 0 Å². The maximum atomic E-state index is 13.3. The van der Waals surface area contributed by atoms with Crippen molar-refractivity contribution in [1.29, 1.82) is 0 Å². The van der Waals surface area contributed by atoms with Gasteiger partial charge in [0, 0.05) is 18.6 Å². The largest absolute Gasteiger partial charge is 0.310 e. The Hall–Kier alpha value is -0.450. The number of benzene rings is 1. The highest BCUT2D eigenvalue weighted by molar-refractivity contribution is 9.10. The van der Waals surface area contributed by atoms with E-state index in [1.54, 1.807) is 6.07 Å². The van der Waals surface area contributed by atoms with Crippen LogP contribution in [-0.2, 0) is 6.54 Å². The van der Waals surface area contributed by atoms with Gasteiger partial charge in [-0.1, -0.05) is 19.9 Å². The van der Waals surface area contributed by atoms with Crippen molar-refractivity contribution in [3.8, 4) is 0 Å². The van der Waals surface area contributed by atoms with E-state index in [-0.39, 0.29) is 11.4 Å². The lowest BCUT2D eigenvalue weighted by Gasteiger charge is -2.35. The molecule has 1 N–H and O–H groups in total. The van der Waals surface area contributed by atoms with Crippen molar-refractivity contribution >= 4 is 15.9 Å². The van der Waals surface area contributed by atoms with Crippen molar-refractivity contribution in [3.05, 3.63) is 34.1 Å². The molecule has 0 bridgehead atoms. The number of nitrogens with zero attached hydrogens (tertiary/aromatic N) is 1. The molecule has 2 nitrogen and oxygen atoms in total. The van der Waals surface area contributed by atoms with Crippen LogP contribution in [-0.4, -0.2) is 30.1 Å². The molecule has 0 amide bonds. The SMILES string of the molecule is CCC1(CC)CN(Cc2ccc(F)c(Br)c2)CCCN1. The van der Waals surface area contributed by atoms with Gasteiger partial charge in [-0.25, -0.2) is 4.39 Å². The highest BCUT2D eigenvalue weighted by Gasteiger charge is 2.30. The van der Waals surface area contributed by atoms with Gasteiger partial charge in [-0.2, -0.15) is 0 Å². The molecule has 0 saturated carbocycles. The number of halogens is 2. The van der Waals surface area contributed by atoms with Gasteiger partial charge in [0.1, 0.15) is 5.82 Å². The van der Waals surface area contributed by atoms with E-state index in [0.29, 0.717) is 4.47 Å². The summed E-state index contributed by atoms with van der Waals surface area (Å²) in [6.45, 7) is 8.66. The predicted octanol–water partition coefficient (Wildman–Crippen LogP) is 3.94. The van der Waals surface area contributed by atoms with Gasteiger partial charge < -0.3 is 5.32 Å². The number of hydrogen-bond donors (Lipinski definition) is 1. The zero-order chi connectivity index (χ0) is 14.6. The van der Waals surface area contributed by atoms with Crippen LogP contribution in [0.5, 0.6) is 0 Å². The van der Waals surface area contributed by atoms with Crippen LogP contribution in [0.15, 0.2) is 22.7 Å².